The van der Waals surface area contributed by atoms with Gasteiger partial charge in [0.1, 0.15) is 12.4 Å². The molecule has 0 fully saturated rings. The normalized spacial score (nSPS) is 12.6. The van der Waals surface area contributed by atoms with Crippen molar-refractivity contribution in [3.05, 3.63) is 102 Å². The van der Waals surface area contributed by atoms with Crippen LogP contribution in [0.3, 0.4) is 0 Å². The number of amides is 3. The molecule has 2 heterocycles. The van der Waals surface area contributed by atoms with Crippen molar-refractivity contribution in [3.63, 3.8) is 0 Å². The van der Waals surface area contributed by atoms with Gasteiger partial charge in [0.05, 0.1) is 17.1 Å². The number of benzene rings is 3. The minimum absolute atomic E-state index is 0.0810. The van der Waals surface area contributed by atoms with Crippen LogP contribution in [-0.4, -0.2) is 34.0 Å². The molecule has 0 bridgehead atoms. The highest BCUT2D eigenvalue weighted by atomic mass is 19.1. The summed E-state index contributed by atoms with van der Waals surface area (Å²) >= 11 is 0. The summed E-state index contributed by atoms with van der Waals surface area (Å²) in [6, 6.07) is 20.9. The first-order valence-electron chi connectivity index (χ1n) is 10.4. The lowest BCUT2D eigenvalue weighted by Gasteiger charge is -2.29. The molecule has 1 aromatic heterocycles. The number of nitrogens with one attached hydrogen (secondary N) is 2. The maximum atomic E-state index is 13.4. The van der Waals surface area contributed by atoms with Crippen LogP contribution in [0.2, 0.25) is 0 Å². The Balaban J connectivity index is 1.29. The fourth-order valence-corrected chi connectivity index (χ4v) is 3.67. The van der Waals surface area contributed by atoms with E-state index in [4.69, 9.17) is 0 Å². The molecular weight excluding hydrogens is 437 g/mol. The van der Waals surface area contributed by atoms with Gasteiger partial charge in [0, 0.05) is 17.4 Å². The number of halogens is 1. The molecule has 0 aliphatic carbocycles. The number of aromatic nitrogens is 2. The Bertz CT molecular complexity index is 1410. The number of carbonyl (C=O) groups excluding carboxylic acids is 3. The van der Waals surface area contributed by atoms with E-state index in [0.29, 0.717) is 28.3 Å². The second-order valence-corrected chi connectivity index (χ2v) is 7.61. The third kappa shape index (κ3) is 4.14. The van der Waals surface area contributed by atoms with E-state index in [1.165, 1.54) is 27.8 Å². The summed E-state index contributed by atoms with van der Waals surface area (Å²) in [4.78, 5) is 39.1. The predicted molar refractivity (Wildman–Crippen MR) is 125 cm³/mol. The van der Waals surface area contributed by atoms with Crippen LogP contribution in [0.1, 0.15) is 20.8 Å². The van der Waals surface area contributed by atoms with E-state index in [1.807, 2.05) is 0 Å². The van der Waals surface area contributed by atoms with Gasteiger partial charge in [0.15, 0.2) is 5.69 Å². The van der Waals surface area contributed by atoms with E-state index >= 15 is 0 Å². The smallest absolute Gasteiger partial charge is 0.276 e. The predicted octanol–water partition coefficient (Wildman–Crippen LogP) is 3.86. The Morgan fingerprint density at radius 1 is 0.971 bits per heavy atom. The van der Waals surface area contributed by atoms with Gasteiger partial charge in [-0.1, -0.05) is 18.2 Å². The zero-order valence-electron chi connectivity index (χ0n) is 17.7. The average molecular weight is 455 g/mol. The largest absolute Gasteiger partial charge is 0.323 e. The summed E-state index contributed by atoms with van der Waals surface area (Å²) in [5, 5.41) is 9.67. The van der Waals surface area contributed by atoms with E-state index in [0.717, 1.165) is 0 Å². The molecule has 2 N–H and O–H groups in total. The number of anilines is 3. The Hall–Kier alpha value is -4.79. The highest BCUT2D eigenvalue weighted by molar-refractivity contribution is 6.15. The van der Waals surface area contributed by atoms with E-state index in [2.05, 4.69) is 15.7 Å². The zero-order chi connectivity index (χ0) is 23.7. The fourth-order valence-electron chi connectivity index (χ4n) is 3.67. The molecule has 1 aliphatic heterocycles. The topological polar surface area (TPSA) is 96.3 Å². The second kappa shape index (κ2) is 8.62. The first-order chi connectivity index (χ1) is 16.5. The van der Waals surface area contributed by atoms with Crippen LogP contribution >= 0.6 is 0 Å². The molecule has 8 nitrogen and oxygen atoms in total. The maximum Gasteiger partial charge on any atom is 0.276 e. The highest BCUT2D eigenvalue weighted by Crippen LogP contribution is 2.30. The molecule has 1 aliphatic rings. The van der Waals surface area contributed by atoms with Gasteiger partial charge in [-0.3, -0.25) is 19.3 Å². The fraction of sp³-hybridized carbons (Fsp3) is 0.0400. The van der Waals surface area contributed by atoms with E-state index in [1.54, 1.807) is 66.9 Å². The highest BCUT2D eigenvalue weighted by Gasteiger charge is 2.27. The van der Waals surface area contributed by atoms with Crippen LogP contribution in [0.4, 0.5) is 21.5 Å². The number of para-hydroxylation sites is 2. The van der Waals surface area contributed by atoms with Crippen molar-refractivity contribution in [2.45, 2.75) is 0 Å². The molecule has 0 unspecified atom stereocenters. The summed E-state index contributed by atoms with van der Waals surface area (Å²) < 4.78 is 14.8. The van der Waals surface area contributed by atoms with Gasteiger partial charge in [-0.15, -0.1) is 0 Å². The Morgan fingerprint density at radius 2 is 1.76 bits per heavy atom. The molecular formula is C25H18FN5O3. The van der Waals surface area contributed by atoms with E-state index in [-0.39, 0.29) is 24.1 Å². The molecule has 9 heteroatoms. The third-order valence-electron chi connectivity index (χ3n) is 5.30. The maximum absolute atomic E-state index is 13.4. The first kappa shape index (κ1) is 21.1. The molecule has 5 rings (SSSR count). The standard InChI is InChI=1S/C25H18FN5O3/c26-17-4-3-5-19(14-17)31-13-12-21(29-31)24(33)27-18-10-8-16(9-11-18)25(34)30-15-23(32)28-20-6-1-2-7-22(20)30/h1-14H,15H2,(H,27,33)(H,28,32). The number of fused-ring (bicyclic) bond motifs is 1. The average Bonchev–Trinajstić information content (AvgIpc) is 3.34. The van der Waals surface area contributed by atoms with Crippen LogP contribution in [0.5, 0.6) is 0 Å². The molecule has 0 radical (unpaired) electrons. The summed E-state index contributed by atoms with van der Waals surface area (Å²) in [5.74, 6) is -1.44. The van der Waals surface area contributed by atoms with Crippen LogP contribution in [0.25, 0.3) is 5.69 Å². The minimum atomic E-state index is -0.448. The van der Waals surface area contributed by atoms with Crippen molar-refractivity contribution < 1.29 is 18.8 Å². The van der Waals surface area contributed by atoms with Crippen molar-refractivity contribution in [1.29, 1.82) is 0 Å². The molecule has 3 aromatic carbocycles. The van der Waals surface area contributed by atoms with Gasteiger partial charge in [-0.25, -0.2) is 9.07 Å². The van der Waals surface area contributed by atoms with Gasteiger partial charge in [-0.2, -0.15) is 5.10 Å². The van der Waals surface area contributed by atoms with Crippen LogP contribution in [0, 0.1) is 5.82 Å². The summed E-state index contributed by atoms with van der Waals surface area (Å²) in [5.41, 5.74) is 2.69. The van der Waals surface area contributed by atoms with E-state index in [9.17, 15) is 18.8 Å². The van der Waals surface area contributed by atoms with Gasteiger partial charge >= 0.3 is 0 Å². The number of hydrogen-bond donors (Lipinski definition) is 2. The molecule has 0 saturated carbocycles. The zero-order valence-corrected chi connectivity index (χ0v) is 17.7. The molecule has 0 spiro atoms. The molecule has 3 amide bonds. The van der Waals surface area contributed by atoms with Gasteiger partial charge in [-0.05, 0) is 60.7 Å². The first-order valence-corrected chi connectivity index (χ1v) is 10.4. The molecule has 34 heavy (non-hydrogen) atoms. The third-order valence-corrected chi connectivity index (χ3v) is 5.30. The van der Waals surface area contributed by atoms with Crippen molar-refractivity contribution in [2.24, 2.45) is 0 Å². The SMILES string of the molecule is O=C1CN(C(=O)c2ccc(NC(=O)c3ccn(-c4cccc(F)c4)n3)cc2)c2ccccc2N1. The van der Waals surface area contributed by atoms with Gasteiger partial charge < -0.3 is 10.6 Å². The monoisotopic (exact) mass is 455 g/mol. The van der Waals surface area contributed by atoms with Gasteiger partial charge in [0.2, 0.25) is 5.91 Å². The van der Waals surface area contributed by atoms with E-state index < -0.39 is 11.7 Å². The lowest BCUT2D eigenvalue weighted by Crippen LogP contribution is -2.42. The number of rotatable bonds is 4. The Morgan fingerprint density at radius 3 is 2.56 bits per heavy atom. The lowest BCUT2D eigenvalue weighted by molar-refractivity contribution is -0.115. The van der Waals surface area contributed by atoms with Crippen LogP contribution in [0.15, 0.2) is 85.1 Å². The quantitative estimate of drug-likeness (QED) is 0.488. The molecule has 168 valence electrons. The van der Waals surface area contributed by atoms with Crippen molar-refractivity contribution in [2.75, 3.05) is 22.1 Å². The number of carbonyl (C=O) groups is 3. The number of nitrogens with zero attached hydrogens (tertiary/aromatic N) is 3. The van der Waals surface area contributed by atoms with Gasteiger partial charge in [0.25, 0.3) is 11.8 Å². The second-order valence-electron chi connectivity index (χ2n) is 7.61. The van der Waals surface area contributed by atoms with Crippen molar-refractivity contribution >= 4 is 34.8 Å². The van der Waals surface area contributed by atoms with Crippen molar-refractivity contribution in [3.8, 4) is 5.69 Å². The molecule has 0 saturated heterocycles. The summed E-state index contributed by atoms with van der Waals surface area (Å²) in [7, 11) is 0. The molecule has 0 atom stereocenters. The summed E-state index contributed by atoms with van der Waals surface area (Å²) in [6.07, 6.45) is 1.57. The lowest BCUT2D eigenvalue weighted by atomic mass is 10.1. The van der Waals surface area contributed by atoms with Crippen molar-refractivity contribution in [1.82, 2.24) is 9.78 Å². The Labute approximate surface area is 193 Å². The minimum Gasteiger partial charge on any atom is -0.323 e. The van der Waals surface area contributed by atoms with Crippen LogP contribution in [-0.2, 0) is 4.79 Å². The molecule has 4 aromatic rings. The Kier molecular flexibility index (Phi) is 5.35. The number of hydrogen-bond acceptors (Lipinski definition) is 4. The van der Waals surface area contributed by atoms with Crippen LogP contribution < -0.4 is 15.5 Å². The summed E-state index contributed by atoms with van der Waals surface area (Å²) in [6.45, 7) is -0.0810.